The average molecular weight is 252 g/mol. The van der Waals surface area contributed by atoms with Crippen LogP contribution in [0.4, 0.5) is 0 Å². The van der Waals surface area contributed by atoms with Gasteiger partial charge in [0.2, 0.25) is 0 Å². The van der Waals surface area contributed by atoms with Crippen molar-refractivity contribution in [2.75, 3.05) is 0 Å². The number of aryl methyl sites for hydroxylation is 2. The number of hydrogen-bond acceptors (Lipinski definition) is 0. The van der Waals surface area contributed by atoms with Crippen molar-refractivity contribution in [2.45, 2.75) is 46.0 Å². The predicted octanol–water partition coefficient (Wildman–Crippen LogP) is 5.29. The summed E-state index contributed by atoms with van der Waals surface area (Å²) in [6.07, 6.45) is 3.46. The third kappa shape index (κ3) is 3.70. The van der Waals surface area contributed by atoms with Crippen molar-refractivity contribution in [1.29, 1.82) is 0 Å². The Balaban J connectivity index is 2.11. The lowest BCUT2D eigenvalue weighted by Gasteiger charge is -2.16. The van der Waals surface area contributed by atoms with Gasteiger partial charge in [-0.3, -0.25) is 0 Å². The van der Waals surface area contributed by atoms with E-state index in [9.17, 15) is 0 Å². The Hall–Kier alpha value is -1.56. The van der Waals surface area contributed by atoms with E-state index in [1.807, 2.05) is 0 Å². The lowest BCUT2D eigenvalue weighted by Crippen LogP contribution is -2.02. The van der Waals surface area contributed by atoms with Gasteiger partial charge in [0.25, 0.3) is 0 Å². The summed E-state index contributed by atoms with van der Waals surface area (Å²) in [5.41, 5.74) is 5.68. The van der Waals surface area contributed by atoms with Gasteiger partial charge in [0.1, 0.15) is 0 Å². The summed E-state index contributed by atoms with van der Waals surface area (Å²) in [4.78, 5) is 0. The van der Waals surface area contributed by atoms with Gasteiger partial charge in [-0.25, -0.2) is 0 Å². The zero-order valence-electron chi connectivity index (χ0n) is 12.3. The van der Waals surface area contributed by atoms with Crippen LogP contribution in [0.15, 0.2) is 48.5 Å². The molecule has 2 aromatic rings. The largest absolute Gasteiger partial charge is 0.0648 e. The molecule has 0 saturated heterocycles. The Morgan fingerprint density at radius 3 is 1.89 bits per heavy atom. The summed E-state index contributed by atoms with van der Waals surface area (Å²) >= 11 is 0. The SMILES string of the molecule is CCc1ccc(CC(CC)c2ccc(C)cc2)cc1. The molecule has 0 nitrogen and oxygen atoms in total. The smallest absolute Gasteiger partial charge is 0.0124 e. The van der Waals surface area contributed by atoms with Gasteiger partial charge in [0, 0.05) is 0 Å². The molecule has 0 fully saturated rings. The Kier molecular flexibility index (Phi) is 4.79. The second-order valence-electron chi connectivity index (χ2n) is 5.39. The molecule has 2 aromatic carbocycles. The second kappa shape index (κ2) is 6.56. The van der Waals surface area contributed by atoms with Gasteiger partial charge < -0.3 is 0 Å². The van der Waals surface area contributed by atoms with Gasteiger partial charge in [0.15, 0.2) is 0 Å². The van der Waals surface area contributed by atoms with Crippen molar-refractivity contribution >= 4 is 0 Å². The van der Waals surface area contributed by atoms with Crippen molar-refractivity contribution in [2.24, 2.45) is 0 Å². The van der Waals surface area contributed by atoms with Crippen LogP contribution >= 0.6 is 0 Å². The number of rotatable bonds is 5. The molecule has 0 aliphatic carbocycles. The molecule has 100 valence electrons. The Labute approximate surface area is 117 Å². The molecule has 0 heteroatoms. The van der Waals surface area contributed by atoms with E-state index in [1.165, 1.54) is 28.7 Å². The van der Waals surface area contributed by atoms with E-state index in [-0.39, 0.29) is 0 Å². The number of benzene rings is 2. The Morgan fingerprint density at radius 1 is 0.789 bits per heavy atom. The summed E-state index contributed by atoms with van der Waals surface area (Å²) < 4.78 is 0. The Morgan fingerprint density at radius 2 is 1.37 bits per heavy atom. The van der Waals surface area contributed by atoms with Crippen LogP contribution < -0.4 is 0 Å². The molecule has 0 N–H and O–H groups in total. The molecule has 2 rings (SSSR count). The van der Waals surface area contributed by atoms with Crippen molar-refractivity contribution in [3.05, 3.63) is 70.8 Å². The van der Waals surface area contributed by atoms with Crippen molar-refractivity contribution in [3.63, 3.8) is 0 Å². The molecule has 0 amide bonds. The zero-order valence-corrected chi connectivity index (χ0v) is 12.3. The molecule has 0 aliphatic heterocycles. The van der Waals surface area contributed by atoms with E-state index < -0.39 is 0 Å². The average Bonchev–Trinajstić information content (AvgIpc) is 2.46. The zero-order chi connectivity index (χ0) is 13.7. The van der Waals surface area contributed by atoms with Crippen LogP contribution in [0.3, 0.4) is 0 Å². The topological polar surface area (TPSA) is 0 Å². The minimum absolute atomic E-state index is 0.632. The van der Waals surface area contributed by atoms with E-state index in [4.69, 9.17) is 0 Å². The Bertz CT molecular complexity index is 491. The predicted molar refractivity (Wildman–Crippen MR) is 83.7 cm³/mol. The van der Waals surface area contributed by atoms with Crippen LogP contribution in [-0.4, -0.2) is 0 Å². The molecule has 0 aliphatic rings. The van der Waals surface area contributed by atoms with Crippen LogP contribution in [0.5, 0.6) is 0 Å². The maximum absolute atomic E-state index is 2.29. The first kappa shape index (κ1) is 13.9. The van der Waals surface area contributed by atoms with Gasteiger partial charge in [-0.05, 0) is 48.8 Å². The molecule has 0 radical (unpaired) electrons. The van der Waals surface area contributed by atoms with E-state index in [0.717, 1.165) is 12.8 Å². The van der Waals surface area contributed by atoms with E-state index in [1.54, 1.807) is 0 Å². The third-order valence-electron chi connectivity index (χ3n) is 3.95. The standard InChI is InChI=1S/C19H24/c1-4-16-8-10-17(11-9-16)14-18(5-2)19-12-6-15(3)7-13-19/h6-13,18H,4-5,14H2,1-3H3. The van der Waals surface area contributed by atoms with Crippen LogP contribution in [0.25, 0.3) is 0 Å². The normalized spacial score (nSPS) is 12.4. The van der Waals surface area contributed by atoms with E-state index in [2.05, 4.69) is 69.3 Å². The second-order valence-corrected chi connectivity index (χ2v) is 5.39. The molecular formula is C19H24. The molecule has 0 spiro atoms. The highest BCUT2D eigenvalue weighted by atomic mass is 14.1. The van der Waals surface area contributed by atoms with Crippen molar-refractivity contribution in [1.82, 2.24) is 0 Å². The van der Waals surface area contributed by atoms with E-state index >= 15 is 0 Å². The van der Waals surface area contributed by atoms with Crippen LogP contribution in [0.2, 0.25) is 0 Å². The fourth-order valence-corrected chi connectivity index (χ4v) is 2.53. The van der Waals surface area contributed by atoms with Crippen LogP contribution in [0.1, 0.15) is 48.4 Å². The van der Waals surface area contributed by atoms with Crippen molar-refractivity contribution < 1.29 is 0 Å². The molecule has 0 bridgehead atoms. The number of hydrogen-bond donors (Lipinski definition) is 0. The van der Waals surface area contributed by atoms with Gasteiger partial charge in [-0.1, -0.05) is 67.9 Å². The first-order valence-electron chi connectivity index (χ1n) is 7.37. The van der Waals surface area contributed by atoms with Gasteiger partial charge in [-0.15, -0.1) is 0 Å². The molecule has 1 unspecified atom stereocenters. The first-order valence-corrected chi connectivity index (χ1v) is 7.37. The summed E-state index contributed by atoms with van der Waals surface area (Å²) in [6.45, 7) is 6.63. The maximum Gasteiger partial charge on any atom is -0.0124 e. The van der Waals surface area contributed by atoms with E-state index in [0.29, 0.717) is 5.92 Å². The van der Waals surface area contributed by atoms with Crippen LogP contribution in [0, 0.1) is 6.92 Å². The van der Waals surface area contributed by atoms with Gasteiger partial charge in [-0.2, -0.15) is 0 Å². The minimum Gasteiger partial charge on any atom is -0.0648 e. The quantitative estimate of drug-likeness (QED) is 0.678. The summed E-state index contributed by atoms with van der Waals surface area (Å²) in [5, 5.41) is 0. The summed E-state index contributed by atoms with van der Waals surface area (Å²) in [5.74, 6) is 0.632. The first-order chi connectivity index (χ1) is 9.22. The molecule has 0 heterocycles. The van der Waals surface area contributed by atoms with Gasteiger partial charge in [0.05, 0.1) is 0 Å². The monoisotopic (exact) mass is 252 g/mol. The lowest BCUT2D eigenvalue weighted by atomic mass is 9.89. The fraction of sp³-hybridized carbons (Fsp3) is 0.368. The minimum atomic E-state index is 0.632. The molecule has 1 atom stereocenters. The highest BCUT2D eigenvalue weighted by molar-refractivity contribution is 5.28. The van der Waals surface area contributed by atoms with Gasteiger partial charge >= 0.3 is 0 Å². The summed E-state index contributed by atoms with van der Waals surface area (Å²) in [7, 11) is 0. The lowest BCUT2D eigenvalue weighted by molar-refractivity contribution is 0.660. The fourth-order valence-electron chi connectivity index (χ4n) is 2.53. The molecular weight excluding hydrogens is 228 g/mol. The third-order valence-corrected chi connectivity index (χ3v) is 3.95. The molecule has 0 aromatic heterocycles. The highest BCUT2D eigenvalue weighted by Crippen LogP contribution is 2.24. The maximum atomic E-state index is 2.29. The van der Waals surface area contributed by atoms with Crippen LogP contribution in [-0.2, 0) is 12.8 Å². The highest BCUT2D eigenvalue weighted by Gasteiger charge is 2.10. The molecule has 0 saturated carbocycles. The molecule has 19 heavy (non-hydrogen) atoms. The van der Waals surface area contributed by atoms with Crippen molar-refractivity contribution in [3.8, 4) is 0 Å². The summed E-state index contributed by atoms with van der Waals surface area (Å²) in [6, 6.07) is 18.1.